The van der Waals surface area contributed by atoms with Crippen LogP contribution in [0.2, 0.25) is 0 Å². The maximum Gasteiger partial charge on any atom is 0.220 e. The summed E-state index contributed by atoms with van der Waals surface area (Å²) in [6.45, 7) is 6.84. The van der Waals surface area contributed by atoms with E-state index < -0.39 is 0 Å². The molecule has 0 aromatic heterocycles. The van der Waals surface area contributed by atoms with Crippen molar-refractivity contribution in [1.82, 2.24) is 15.5 Å². The van der Waals surface area contributed by atoms with Gasteiger partial charge in [-0.1, -0.05) is 6.92 Å². The number of piperidine rings is 1. The molecule has 19 heavy (non-hydrogen) atoms. The molecule has 2 aliphatic heterocycles. The van der Waals surface area contributed by atoms with Crippen molar-refractivity contribution in [2.24, 2.45) is 0 Å². The highest BCUT2D eigenvalue weighted by atomic mass is 16.1. The van der Waals surface area contributed by atoms with Crippen LogP contribution in [0.15, 0.2) is 0 Å². The number of rotatable bonds is 6. The molecule has 2 rings (SSSR count). The first-order chi connectivity index (χ1) is 9.28. The molecular weight excluding hydrogens is 238 g/mol. The molecule has 4 nitrogen and oxygen atoms in total. The van der Waals surface area contributed by atoms with Crippen LogP contribution in [0, 0.1) is 0 Å². The Hall–Kier alpha value is -0.610. The lowest BCUT2D eigenvalue weighted by Crippen LogP contribution is -2.44. The zero-order valence-corrected chi connectivity index (χ0v) is 12.3. The molecule has 2 N–H and O–H groups in total. The highest BCUT2D eigenvalue weighted by molar-refractivity contribution is 5.76. The van der Waals surface area contributed by atoms with Crippen LogP contribution in [0.5, 0.6) is 0 Å². The number of carbonyl (C=O) groups excluding carboxylic acids is 1. The summed E-state index contributed by atoms with van der Waals surface area (Å²) in [7, 11) is 0. The van der Waals surface area contributed by atoms with Crippen molar-refractivity contribution in [2.45, 2.75) is 64.0 Å². The molecule has 0 spiro atoms. The van der Waals surface area contributed by atoms with Crippen molar-refractivity contribution in [3.8, 4) is 0 Å². The third kappa shape index (κ3) is 5.11. The Morgan fingerprint density at radius 3 is 2.74 bits per heavy atom. The summed E-state index contributed by atoms with van der Waals surface area (Å²) in [5, 5.41) is 6.66. The van der Waals surface area contributed by atoms with Crippen LogP contribution in [0.25, 0.3) is 0 Å². The SMILES string of the molecule is CCCN1CCC(NC(=O)CCC2CCCN2)CC1. The smallest absolute Gasteiger partial charge is 0.220 e. The van der Waals surface area contributed by atoms with E-state index in [2.05, 4.69) is 22.5 Å². The lowest BCUT2D eigenvalue weighted by Gasteiger charge is -2.32. The summed E-state index contributed by atoms with van der Waals surface area (Å²) in [6.07, 6.45) is 7.66. The first-order valence-electron chi connectivity index (χ1n) is 8.03. The lowest BCUT2D eigenvalue weighted by molar-refractivity contribution is -0.122. The fourth-order valence-corrected chi connectivity index (χ4v) is 3.23. The quantitative estimate of drug-likeness (QED) is 0.767. The van der Waals surface area contributed by atoms with Gasteiger partial charge in [0.05, 0.1) is 0 Å². The molecule has 2 saturated heterocycles. The normalized spacial score (nSPS) is 25.6. The standard InChI is InChI=1S/C15H29N3O/c1-2-10-18-11-7-14(8-12-18)17-15(19)6-5-13-4-3-9-16-13/h13-14,16H,2-12H2,1H3,(H,17,19). The van der Waals surface area contributed by atoms with Gasteiger partial charge in [0.2, 0.25) is 5.91 Å². The maximum atomic E-state index is 11.9. The number of nitrogens with one attached hydrogen (secondary N) is 2. The van der Waals surface area contributed by atoms with Crippen molar-refractivity contribution in [2.75, 3.05) is 26.2 Å². The topological polar surface area (TPSA) is 44.4 Å². The molecule has 1 unspecified atom stereocenters. The fourth-order valence-electron chi connectivity index (χ4n) is 3.23. The molecule has 4 heteroatoms. The third-order valence-electron chi connectivity index (χ3n) is 4.37. The second kappa shape index (κ2) is 7.85. The number of hydrogen-bond donors (Lipinski definition) is 2. The Kier molecular flexibility index (Phi) is 6.11. The van der Waals surface area contributed by atoms with E-state index >= 15 is 0 Å². The van der Waals surface area contributed by atoms with Crippen molar-refractivity contribution >= 4 is 5.91 Å². The van der Waals surface area contributed by atoms with Gasteiger partial charge in [-0.2, -0.15) is 0 Å². The number of carbonyl (C=O) groups is 1. The summed E-state index contributed by atoms with van der Waals surface area (Å²) in [6, 6.07) is 0.995. The van der Waals surface area contributed by atoms with Gasteiger partial charge in [0.15, 0.2) is 0 Å². The summed E-state index contributed by atoms with van der Waals surface area (Å²) in [4.78, 5) is 14.4. The highest BCUT2D eigenvalue weighted by Crippen LogP contribution is 2.13. The molecule has 110 valence electrons. The molecule has 0 aromatic rings. The Morgan fingerprint density at radius 1 is 1.32 bits per heavy atom. The summed E-state index contributed by atoms with van der Waals surface area (Å²) in [5.74, 6) is 0.252. The Balaban J connectivity index is 1.58. The summed E-state index contributed by atoms with van der Waals surface area (Å²) in [5.41, 5.74) is 0. The molecule has 0 radical (unpaired) electrons. The minimum Gasteiger partial charge on any atom is -0.353 e. The van der Waals surface area contributed by atoms with E-state index in [1.807, 2.05) is 0 Å². The first kappa shape index (κ1) is 14.8. The Labute approximate surface area is 117 Å². The molecule has 0 bridgehead atoms. The second-order valence-corrected chi connectivity index (χ2v) is 6.02. The largest absolute Gasteiger partial charge is 0.353 e. The summed E-state index contributed by atoms with van der Waals surface area (Å²) < 4.78 is 0. The Morgan fingerprint density at radius 2 is 2.11 bits per heavy atom. The lowest BCUT2D eigenvalue weighted by atomic mass is 10.0. The van der Waals surface area contributed by atoms with Crippen molar-refractivity contribution in [3.05, 3.63) is 0 Å². The summed E-state index contributed by atoms with van der Waals surface area (Å²) >= 11 is 0. The van der Waals surface area contributed by atoms with E-state index in [-0.39, 0.29) is 5.91 Å². The highest BCUT2D eigenvalue weighted by Gasteiger charge is 2.21. The fraction of sp³-hybridized carbons (Fsp3) is 0.933. The minimum atomic E-state index is 0.252. The average molecular weight is 267 g/mol. The van der Waals surface area contributed by atoms with E-state index in [4.69, 9.17) is 0 Å². The van der Waals surface area contributed by atoms with Crippen molar-refractivity contribution in [1.29, 1.82) is 0 Å². The van der Waals surface area contributed by atoms with Crippen LogP contribution in [0.3, 0.4) is 0 Å². The predicted molar refractivity (Wildman–Crippen MR) is 78.2 cm³/mol. The van der Waals surface area contributed by atoms with Gasteiger partial charge in [-0.05, 0) is 51.6 Å². The van der Waals surface area contributed by atoms with Crippen molar-refractivity contribution in [3.63, 3.8) is 0 Å². The minimum absolute atomic E-state index is 0.252. The molecule has 2 fully saturated rings. The van der Waals surface area contributed by atoms with Crippen LogP contribution in [-0.4, -0.2) is 49.1 Å². The number of hydrogen-bond acceptors (Lipinski definition) is 3. The van der Waals surface area contributed by atoms with Crippen LogP contribution in [-0.2, 0) is 4.79 Å². The molecular formula is C15H29N3O. The molecule has 1 atom stereocenters. The number of amides is 1. The molecule has 0 saturated carbocycles. The Bertz CT molecular complexity index is 269. The molecule has 2 aliphatic rings. The first-order valence-corrected chi connectivity index (χ1v) is 8.03. The monoisotopic (exact) mass is 267 g/mol. The van der Waals surface area contributed by atoms with Gasteiger partial charge in [-0.15, -0.1) is 0 Å². The van der Waals surface area contributed by atoms with Gasteiger partial charge in [0.25, 0.3) is 0 Å². The average Bonchev–Trinajstić information content (AvgIpc) is 2.92. The van der Waals surface area contributed by atoms with Crippen molar-refractivity contribution < 1.29 is 4.79 Å². The molecule has 0 aromatic carbocycles. The van der Waals surface area contributed by atoms with E-state index in [9.17, 15) is 4.79 Å². The van der Waals surface area contributed by atoms with Gasteiger partial charge in [0.1, 0.15) is 0 Å². The van der Waals surface area contributed by atoms with Crippen LogP contribution >= 0.6 is 0 Å². The van der Waals surface area contributed by atoms with Gasteiger partial charge in [-0.3, -0.25) is 4.79 Å². The van der Waals surface area contributed by atoms with Crippen LogP contribution in [0.4, 0.5) is 0 Å². The van der Waals surface area contributed by atoms with Gasteiger partial charge < -0.3 is 15.5 Å². The van der Waals surface area contributed by atoms with Gasteiger partial charge in [-0.25, -0.2) is 0 Å². The van der Waals surface area contributed by atoms with Gasteiger partial charge in [0, 0.05) is 31.6 Å². The van der Waals surface area contributed by atoms with Crippen LogP contribution in [0.1, 0.15) is 51.9 Å². The maximum absolute atomic E-state index is 11.9. The number of likely N-dealkylation sites (tertiary alicyclic amines) is 1. The van der Waals surface area contributed by atoms with E-state index in [0.717, 1.165) is 38.9 Å². The van der Waals surface area contributed by atoms with Crippen LogP contribution < -0.4 is 10.6 Å². The zero-order chi connectivity index (χ0) is 13.5. The molecule has 1 amide bonds. The molecule has 2 heterocycles. The second-order valence-electron chi connectivity index (χ2n) is 6.02. The third-order valence-corrected chi connectivity index (χ3v) is 4.37. The van der Waals surface area contributed by atoms with E-state index in [1.54, 1.807) is 0 Å². The van der Waals surface area contributed by atoms with E-state index in [0.29, 0.717) is 18.5 Å². The van der Waals surface area contributed by atoms with E-state index in [1.165, 1.54) is 25.8 Å². The van der Waals surface area contributed by atoms with Gasteiger partial charge >= 0.3 is 0 Å². The molecule has 0 aliphatic carbocycles. The zero-order valence-electron chi connectivity index (χ0n) is 12.3. The predicted octanol–water partition coefficient (Wildman–Crippen LogP) is 1.51. The number of nitrogens with zero attached hydrogens (tertiary/aromatic N) is 1.